The van der Waals surface area contributed by atoms with E-state index in [2.05, 4.69) is 20.1 Å². The van der Waals surface area contributed by atoms with E-state index >= 15 is 0 Å². The number of para-hydroxylation sites is 1. The number of ether oxygens (including phenoxy) is 1. The molecular formula is C19H18N4O3. The minimum absolute atomic E-state index is 0.198. The molecule has 0 unspecified atom stereocenters. The number of benzene rings is 1. The van der Waals surface area contributed by atoms with Gasteiger partial charge in [0.15, 0.2) is 0 Å². The largest absolute Gasteiger partial charge is 0.465 e. The normalized spacial score (nSPS) is 10.4. The third-order valence-electron chi connectivity index (χ3n) is 3.95. The topological polar surface area (TPSA) is 86.1 Å². The molecule has 0 saturated carbocycles. The third-order valence-corrected chi connectivity index (χ3v) is 3.95. The maximum atomic E-state index is 12.5. The molecule has 0 aliphatic rings. The summed E-state index contributed by atoms with van der Waals surface area (Å²) < 4.78 is 6.39. The van der Waals surface area contributed by atoms with Gasteiger partial charge in [-0.05, 0) is 38.1 Å². The molecule has 2 heterocycles. The molecule has 2 aromatic heterocycles. The zero-order valence-electron chi connectivity index (χ0n) is 14.7. The van der Waals surface area contributed by atoms with Crippen molar-refractivity contribution in [1.29, 1.82) is 0 Å². The first kappa shape index (κ1) is 17.3. The molecule has 1 N–H and O–H groups in total. The van der Waals surface area contributed by atoms with Crippen molar-refractivity contribution in [3.63, 3.8) is 0 Å². The lowest BCUT2D eigenvalue weighted by molar-refractivity contribution is 0.0600. The fourth-order valence-electron chi connectivity index (χ4n) is 2.59. The van der Waals surface area contributed by atoms with Crippen LogP contribution in [0.2, 0.25) is 0 Å². The number of aryl methyl sites for hydroxylation is 1. The summed E-state index contributed by atoms with van der Waals surface area (Å²) in [5.74, 6) is -0.875. The number of nitrogens with one attached hydrogen (secondary N) is 1. The number of esters is 1. The molecule has 3 rings (SSSR count). The van der Waals surface area contributed by atoms with Gasteiger partial charge >= 0.3 is 5.97 Å². The first-order chi connectivity index (χ1) is 12.5. The van der Waals surface area contributed by atoms with Crippen molar-refractivity contribution in [2.75, 3.05) is 12.4 Å². The molecular weight excluding hydrogens is 332 g/mol. The van der Waals surface area contributed by atoms with Crippen LogP contribution in [0.5, 0.6) is 0 Å². The highest BCUT2D eigenvalue weighted by molar-refractivity contribution is 6.04. The highest BCUT2D eigenvalue weighted by Crippen LogP contribution is 2.23. The summed E-state index contributed by atoms with van der Waals surface area (Å²) in [4.78, 5) is 28.0. The Hall–Kier alpha value is -3.48. The predicted octanol–water partition coefficient (Wildman–Crippen LogP) is 2.92. The average molecular weight is 350 g/mol. The van der Waals surface area contributed by atoms with E-state index in [0.717, 1.165) is 11.4 Å². The highest BCUT2D eigenvalue weighted by atomic mass is 16.5. The first-order valence-corrected chi connectivity index (χ1v) is 7.98. The van der Waals surface area contributed by atoms with Gasteiger partial charge in [-0.2, -0.15) is 5.10 Å². The highest BCUT2D eigenvalue weighted by Gasteiger charge is 2.17. The molecule has 0 fully saturated rings. The van der Waals surface area contributed by atoms with Gasteiger partial charge in [0.2, 0.25) is 0 Å². The van der Waals surface area contributed by atoms with Crippen molar-refractivity contribution < 1.29 is 14.3 Å². The van der Waals surface area contributed by atoms with E-state index in [0.29, 0.717) is 11.4 Å². The number of hydrogen-bond acceptors (Lipinski definition) is 5. The minimum atomic E-state index is -0.500. The summed E-state index contributed by atoms with van der Waals surface area (Å²) in [6, 6.07) is 12.7. The number of carbonyl (C=O) groups excluding carboxylic acids is 2. The number of nitrogens with zero attached hydrogens (tertiary/aromatic N) is 3. The molecule has 0 saturated heterocycles. The number of anilines is 1. The van der Waals surface area contributed by atoms with Gasteiger partial charge in [-0.25, -0.2) is 9.48 Å². The van der Waals surface area contributed by atoms with Crippen LogP contribution in [-0.2, 0) is 4.74 Å². The molecule has 26 heavy (non-hydrogen) atoms. The van der Waals surface area contributed by atoms with E-state index in [-0.39, 0.29) is 17.2 Å². The molecule has 1 aromatic carbocycles. The molecule has 0 spiro atoms. The number of pyridine rings is 1. The average Bonchev–Trinajstić information content (AvgIpc) is 2.96. The second-order valence-corrected chi connectivity index (χ2v) is 5.67. The van der Waals surface area contributed by atoms with Crippen LogP contribution < -0.4 is 5.32 Å². The molecule has 3 aromatic rings. The number of methoxy groups -OCH3 is 1. The van der Waals surface area contributed by atoms with Gasteiger partial charge in [0, 0.05) is 6.20 Å². The van der Waals surface area contributed by atoms with Crippen LogP contribution in [0.15, 0.2) is 48.7 Å². The van der Waals surface area contributed by atoms with E-state index < -0.39 is 5.97 Å². The van der Waals surface area contributed by atoms with Crippen LogP contribution in [0.3, 0.4) is 0 Å². The second-order valence-electron chi connectivity index (χ2n) is 5.67. The lowest BCUT2D eigenvalue weighted by Crippen LogP contribution is -2.15. The van der Waals surface area contributed by atoms with Crippen LogP contribution in [0, 0.1) is 13.8 Å². The second kappa shape index (κ2) is 7.18. The first-order valence-electron chi connectivity index (χ1n) is 7.98. The Labute approximate surface area is 150 Å². The summed E-state index contributed by atoms with van der Waals surface area (Å²) >= 11 is 0. The fourth-order valence-corrected chi connectivity index (χ4v) is 2.59. The maximum Gasteiger partial charge on any atom is 0.339 e. The quantitative estimate of drug-likeness (QED) is 0.731. The minimum Gasteiger partial charge on any atom is -0.465 e. The molecule has 0 radical (unpaired) electrons. The number of carbonyl (C=O) groups is 2. The Bertz CT molecular complexity index is 947. The smallest absolute Gasteiger partial charge is 0.339 e. The van der Waals surface area contributed by atoms with E-state index in [1.54, 1.807) is 4.68 Å². The Kier molecular flexibility index (Phi) is 4.79. The SMILES string of the molecule is COC(=O)c1ccc(C(=O)Nc2c(C)nn(-c3ccccc3)c2C)nc1. The molecule has 0 bridgehead atoms. The number of hydrogen-bond donors (Lipinski definition) is 1. The molecule has 1 amide bonds. The van der Waals surface area contributed by atoms with Gasteiger partial charge in [0.05, 0.1) is 35.4 Å². The van der Waals surface area contributed by atoms with Gasteiger partial charge in [0.1, 0.15) is 5.69 Å². The Balaban J connectivity index is 1.84. The van der Waals surface area contributed by atoms with Gasteiger partial charge in [-0.3, -0.25) is 9.78 Å². The maximum absolute atomic E-state index is 12.5. The number of amides is 1. The van der Waals surface area contributed by atoms with Gasteiger partial charge in [-0.15, -0.1) is 0 Å². The summed E-state index contributed by atoms with van der Waals surface area (Å²) in [7, 11) is 1.29. The lowest BCUT2D eigenvalue weighted by atomic mass is 10.2. The van der Waals surface area contributed by atoms with Crippen molar-refractivity contribution in [3.8, 4) is 5.69 Å². The lowest BCUT2D eigenvalue weighted by Gasteiger charge is -2.07. The van der Waals surface area contributed by atoms with Crippen molar-refractivity contribution in [2.45, 2.75) is 13.8 Å². The molecule has 0 atom stereocenters. The summed E-state index contributed by atoms with van der Waals surface area (Å²) in [6.45, 7) is 3.71. The number of rotatable bonds is 4. The molecule has 0 aliphatic carbocycles. The van der Waals surface area contributed by atoms with Gasteiger partial charge in [0.25, 0.3) is 5.91 Å². The van der Waals surface area contributed by atoms with Crippen molar-refractivity contribution in [3.05, 3.63) is 71.3 Å². The Morgan fingerprint density at radius 1 is 1.08 bits per heavy atom. The third kappa shape index (κ3) is 3.32. The molecule has 7 nitrogen and oxygen atoms in total. The van der Waals surface area contributed by atoms with Gasteiger partial charge in [-0.1, -0.05) is 18.2 Å². The van der Waals surface area contributed by atoms with Crippen LogP contribution in [0.1, 0.15) is 32.2 Å². The van der Waals surface area contributed by atoms with Crippen LogP contribution in [0.4, 0.5) is 5.69 Å². The van der Waals surface area contributed by atoms with Crippen molar-refractivity contribution in [1.82, 2.24) is 14.8 Å². The molecule has 132 valence electrons. The number of aromatic nitrogens is 3. The fraction of sp³-hybridized carbons (Fsp3) is 0.158. The van der Waals surface area contributed by atoms with E-state index in [1.165, 1.54) is 25.4 Å². The standard InChI is InChI=1S/C19H18N4O3/c1-12-17(13(2)23(22-12)15-7-5-4-6-8-15)21-18(24)16-10-9-14(11-20-16)19(25)26-3/h4-11H,1-3H3,(H,21,24). The van der Waals surface area contributed by atoms with E-state index in [4.69, 9.17) is 0 Å². The summed E-state index contributed by atoms with van der Waals surface area (Å²) in [5, 5.41) is 7.34. The van der Waals surface area contributed by atoms with Crippen molar-refractivity contribution in [2.24, 2.45) is 0 Å². The monoisotopic (exact) mass is 350 g/mol. The molecule has 7 heteroatoms. The van der Waals surface area contributed by atoms with Crippen LogP contribution in [0.25, 0.3) is 5.69 Å². The van der Waals surface area contributed by atoms with E-state index in [1.807, 2.05) is 44.2 Å². The van der Waals surface area contributed by atoms with E-state index in [9.17, 15) is 9.59 Å². The zero-order chi connectivity index (χ0) is 18.7. The summed E-state index contributed by atoms with van der Waals surface area (Å²) in [5.41, 5.74) is 3.54. The van der Waals surface area contributed by atoms with Gasteiger partial charge < -0.3 is 10.1 Å². The predicted molar refractivity (Wildman–Crippen MR) is 96.6 cm³/mol. The van der Waals surface area contributed by atoms with Crippen LogP contribution in [-0.4, -0.2) is 33.8 Å². The molecule has 0 aliphatic heterocycles. The zero-order valence-corrected chi connectivity index (χ0v) is 14.7. The van der Waals surface area contributed by atoms with Crippen LogP contribution >= 0.6 is 0 Å². The summed E-state index contributed by atoms with van der Waals surface area (Å²) in [6.07, 6.45) is 1.31. The Morgan fingerprint density at radius 3 is 2.42 bits per heavy atom. The van der Waals surface area contributed by atoms with Crippen molar-refractivity contribution >= 4 is 17.6 Å². The Morgan fingerprint density at radius 2 is 1.81 bits per heavy atom.